The summed E-state index contributed by atoms with van der Waals surface area (Å²) in [7, 11) is 0. The van der Waals surface area contributed by atoms with E-state index in [0.29, 0.717) is 11.6 Å². The van der Waals surface area contributed by atoms with Crippen molar-refractivity contribution in [2.75, 3.05) is 13.1 Å². The van der Waals surface area contributed by atoms with E-state index in [-0.39, 0.29) is 36.4 Å². The number of hydrogen-bond acceptors (Lipinski definition) is 3. The van der Waals surface area contributed by atoms with Crippen LogP contribution in [-0.2, 0) is 16.0 Å². The number of benzene rings is 3. The van der Waals surface area contributed by atoms with Crippen LogP contribution in [0.25, 0.3) is 10.9 Å². The standard InChI is InChI=1S/C26H24ClN3O3/c27-23-7-3-1-5-19(23)21(22-14-28-24-8-4-2-6-20(22)24)15-29-26(33)16-30-25(32)13-17-9-11-18(31)12-10-17/h1-12,14,21,28,31H,13,15-16H2,(H,29,33)(H,30,32). The molecule has 1 aromatic heterocycles. The lowest BCUT2D eigenvalue weighted by Gasteiger charge is -2.19. The van der Waals surface area contributed by atoms with Crippen molar-refractivity contribution in [3.05, 3.63) is 101 Å². The molecule has 0 radical (unpaired) electrons. The number of rotatable bonds is 8. The van der Waals surface area contributed by atoms with Gasteiger partial charge in [-0.3, -0.25) is 9.59 Å². The Morgan fingerprint density at radius 3 is 2.39 bits per heavy atom. The first-order valence-electron chi connectivity index (χ1n) is 10.6. The minimum atomic E-state index is -0.286. The maximum Gasteiger partial charge on any atom is 0.239 e. The Morgan fingerprint density at radius 1 is 0.879 bits per heavy atom. The number of aromatic hydroxyl groups is 1. The van der Waals surface area contributed by atoms with Crippen LogP contribution in [0, 0.1) is 0 Å². The number of amides is 2. The predicted octanol–water partition coefficient (Wildman–Crippen LogP) is 4.13. The molecular weight excluding hydrogens is 438 g/mol. The Bertz CT molecular complexity index is 1270. The molecule has 1 heterocycles. The fourth-order valence-electron chi connectivity index (χ4n) is 3.85. The molecule has 33 heavy (non-hydrogen) atoms. The highest BCUT2D eigenvalue weighted by Crippen LogP contribution is 2.34. The molecule has 168 valence electrons. The molecule has 2 amide bonds. The van der Waals surface area contributed by atoms with E-state index in [4.69, 9.17) is 11.6 Å². The van der Waals surface area contributed by atoms with E-state index in [9.17, 15) is 14.7 Å². The molecule has 0 spiro atoms. The Kier molecular flexibility index (Phi) is 6.95. The number of carbonyl (C=O) groups is 2. The largest absolute Gasteiger partial charge is 0.508 e. The van der Waals surface area contributed by atoms with Crippen LogP contribution < -0.4 is 10.6 Å². The van der Waals surface area contributed by atoms with Gasteiger partial charge in [-0.2, -0.15) is 0 Å². The van der Waals surface area contributed by atoms with Gasteiger partial charge in [0.05, 0.1) is 13.0 Å². The molecule has 3 aromatic carbocycles. The second kappa shape index (κ2) is 10.2. The third kappa shape index (κ3) is 5.54. The van der Waals surface area contributed by atoms with Gasteiger partial charge in [0.1, 0.15) is 5.75 Å². The molecule has 1 unspecified atom stereocenters. The fourth-order valence-corrected chi connectivity index (χ4v) is 4.11. The quantitative estimate of drug-likeness (QED) is 0.318. The molecule has 4 N–H and O–H groups in total. The van der Waals surface area contributed by atoms with Gasteiger partial charge in [0.25, 0.3) is 0 Å². The van der Waals surface area contributed by atoms with Crippen molar-refractivity contribution >= 4 is 34.3 Å². The van der Waals surface area contributed by atoms with Gasteiger partial charge in [-0.25, -0.2) is 0 Å². The highest BCUT2D eigenvalue weighted by atomic mass is 35.5. The summed E-state index contributed by atoms with van der Waals surface area (Å²) < 4.78 is 0. The molecule has 0 aliphatic heterocycles. The van der Waals surface area contributed by atoms with Crippen LogP contribution in [0.4, 0.5) is 0 Å². The molecule has 6 nitrogen and oxygen atoms in total. The van der Waals surface area contributed by atoms with Gasteiger partial charge in [0, 0.05) is 34.6 Å². The number of fused-ring (bicyclic) bond motifs is 1. The normalized spacial score (nSPS) is 11.8. The summed E-state index contributed by atoms with van der Waals surface area (Å²) >= 11 is 6.50. The van der Waals surface area contributed by atoms with E-state index in [1.165, 1.54) is 12.1 Å². The number of nitrogens with one attached hydrogen (secondary N) is 3. The molecule has 0 aliphatic rings. The van der Waals surface area contributed by atoms with Crippen molar-refractivity contribution in [1.29, 1.82) is 0 Å². The molecule has 0 aliphatic carbocycles. The van der Waals surface area contributed by atoms with Crippen molar-refractivity contribution in [2.24, 2.45) is 0 Å². The topological polar surface area (TPSA) is 94.2 Å². The number of aromatic amines is 1. The molecule has 0 fully saturated rings. The zero-order valence-electron chi connectivity index (χ0n) is 17.8. The number of hydrogen-bond donors (Lipinski definition) is 4. The summed E-state index contributed by atoms with van der Waals surface area (Å²) in [6.07, 6.45) is 2.08. The SMILES string of the molecule is O=C(CNC(=O)Cc1ccc(O)cc1)NCC(c1ccccc1Cl)c1c[nH]c2ccccc12. The van der Waals surface area contributed by atoms with Crippen molar-refractivity contribution < 1.29 is 14.7 Å². The van der Waals surface area contributed by atoms with E-state index < -0.39 is 0 Å². The highest BCUT2D eigenvalue weighted by Gasteiger charge is 2.21. The van der Waals surface area contributed by atoms with Crippen LogP contribution in [0.3, 0.4) is 0 Å². The van der Waals surface area contributed by atoms with E-state index in [1.54, 1.807) is 12.1 Å². The summed E-state index contributed by atoms with van der Waals surface area (Å²) in [6.45, 7) is 0.207. The number of carbonyl (C=O) groups excluding carboxylic acids is 2. The first-order chi connectivity index (χ1) is 16.0. The number of H-pyrrole nitrogens is 1. The average molecular weight is 462 g/mol. The van der Waals surface area contributed by atoms with E-state index in [2.05, 4.69) is 15.6 Å². The van der Waals surface area contributed by atoms with Crippen LogP contribution >= 0.6 is 11.6 Å². The van der Waals surface area contributed by atoms with Crippen LogP contribution in [0.15, 0.2) is 79.0 Å². The zero-order chi connectivity index (χ0) is 23.2. The lowest BCUT2D eigenvalue weighted by Crippen LogP contribution is -2.39. The molecule has 7 heteroatoms. The number of aromatic nitrogens is 1. The predicted molar refractivity (Wildman–Crippen MR) is 129 cm³/mol. The van der Waals surface area contributed by atoms with E-state index in [1.807, 2.05) is 54.7 Å². The van der Waals surface area contributed by atoms with Gasteiger partial charge in [-0.05, 0) is 41.0 Å². The van der Waals surface area contributed by atoms with Crippen LogP contribution in [-0.4, -0.2) is 35.0 Å². The lowest BCUT2D eigenvalue weighted by atomic mass is 9.90. The number of phenols is 1. The summed E-state index contributed by atoms with van der Waals surface area (Å²) in [5.41, 5.74) is 3.72. The van der Waals surface area contributed by atoms with Gasteiger partial charge >= 0.3 is 0 Å². The average Bonchev–Trinajstić information content (AvgIpc) is 3.24. The van der Waals surface area contributed by atoms with Crippen LogP contribution in [0.5, 0.6) is 5.75 Å². The third-order valence-corrected chi connectivity index (χ3v) is 5.87. The minimum absolute atomic E-state index is 0.125. The number of halogens is 1. The Balaban J connectivity index is 1.41. The summed E-state index contributed by atoms with van der Waals surface area (Å²) in [5.74, 6) is -0.575. The molecule has 4 rings (SSSR count). The van der Waals surface area contributed by atoms with Gasteiger partial charge < -0.3 is 20.7 Å². The minimum Gasteiger partial charge on any atom is -0.508 e. The molecule has 1 atom stereocenters. The Labute approximate surface area is 196 Å². The highest BCUT2D eigenvalue weighted by molar-refractivity contribution is 6.31. The fraction of sp³-hybridized carbons (Fsp3) is 0.154. The molecular formula is C26H24ClN3O3. The van der Waals surface area contributed by atoms with Gasteiger partial charge in [0.15, 0.2) is 0 Å². The van der Waals surface area contributed by atoms with Crippen LogP contribution in [0.2, 0.25) is 5.02 Å². The Morgan fingerprint density at radius 2 is 1.61 bits per heavy atom. The molecule has 4 aromatic rings. The smallest absolute Gasteiger partial charge is 0.239 e. The van der Waals surface area contributed by atoms with Crippen molar-refractivity contribution in [2.45, 2.75) is 12.3 Å². The van der Waals surface area contributed by atoms with Gasteiger partial charge in [0.2, 0.25) is 11.8 Å². The second-order valence-corrected chi connectivity index (χ2v) is 8.19. The van der Waals surface area contributed by atoms with Crippen molar-refractivity contribution in [1.82, 2.24) is 15.6 Å². The van der Waals surface area contributed by atoms with Gasteiger partial charge in [-0.15, -0.1) is 0 Å². The number of para-hydroxylation sites is 1. The maximum absolute atomic E-state index is 12.5. The number of phenolic OH excluding ortho intramolecular Hbond substituents is 1. The Hall–Kier alpha value is -3.77. The molecule has 0 bridgehead atoms. The molecule has 0 saturated heterocycles. The second-order valence-electron chi connectivity index (χ2n) is 7.79. The van der Waals surface area contributed by atoms with Gasteiger partial charge in [-0.1, -0.05) is 60.1 Å². The maximum atomic E-state index is 12.5. The monoisotopic (exact) mass is 461 g/mol. The van der Waals surface area contributed by atoms with Crippen molar-refractivity contribution in [3.8, 4) is 5.75 Å². The molecule has 0 saturated carbocycles. The van der Waals surface area contributed by atoms with E-state index >= 15 is 0 Å². The first-order valence-corrected chi connectivity index (χ1v) is 11.0. The summed E-state index contributed by atoms with van der Waals surface area (Å²) in [4.78, 5) is 27.9. The third-order valence-electron chi connectivity index (χ3n) is 5.53. The summed E-state index contributed by atoms with van der Waals surface area (Å²) in [6, 6.07) is 22.0. The first kappa shape index (κ1) is 22.4. The zero-order valence-corrected chi connectivity index (χ0v) is 18.6. The van der Waals surface area contributed by atoms with E-state index in [0.717, 1.165) is 27.6 Å². The lowest BCUT2D eigenvalue weighted by molar-refractivity contribution is -0.125. The summed E-state index contributed by atoms with van der Waals surface area (Å²) in [5, 5.41) is 16.6. The van der Waals surface area contributed by atoms with Crippen LogP contribution in [0.1, 0.15) is 22.6 Å². The van der Waals surface area contributed by atoms with Crippen molar-refractivity contribution in [3.63, 3.8) is 0 Å².